The second kappa shape index (κ2) is 8.34. The van der Waals surface area contributed by atoms with Gasteiger partial charge in [0.15, 0.2) is 0 Å². The van der Waals surface area contributed by atoms with Crippen LogP contribution < -0.4 is 10.8 Å². The van der Waals surface area contributed by atoms with Gasteiger partial charge in [-0.05, 0) is 18.6 Å². The molecule has 21 heavy (non-hydrogen) atoms. The third-order valence-corrected chi connectivity index (χ3v) is 3.53. The number of β-amino-alcohol motifs (C(OH)–C–C–N with tert-alkyl or cyclic N) is 1. The van der Waals surface area contributed by atoms with Gasteiger partial charge in [0.2, 0.25) is 8.53 Å². The molecule has 2 heterocycles. The lowest BCUT2D eigenvalue weighted by Gasteiger charge is -2.10. The summed E-state index contributed by atoms with van der Waals surface area (Å²) in [7, 11) is -1.75. The molecule has 7 heteroatoms. The molecule has 1 unspecified atom stereocenters. The molecule has 1 aliphatic heterocycles. The first-order valence-electron chi connectivity index (χ1n) is 6.73. The van der Waals surface area contributed by atoms with E-state index in [1.165, 1.54) is 5.39 Å². The van der Waals surface area contributed by atoms with Crippen molar-refractivity contribution in [3.63, 3.8) is 0 Å². The molecule has 0 aliphatic carbocycles. The summed E-state index contributed by atoms with van der Waals surface area (Å²) in [5, 5.41) is 13.3. The van der Waals surface area contributed by atoms with Crippen molar-refractivity contribution in [2.24, 2.45) is 5.50 Å². The van der Waals surface area contributed by atoms with Crippen LogP contribution in [0.25, 0.3) is 10.9 Å². The van der Waals surface area contributed by atoms with Crippen molar-refractivity contribution in [3.8, 4) is 0 Å². The predicted octanol–water partition coefficient (Wildman–Crippen LogP) is 1.14. The maximum atomic E-state index is 9.06. The molecule has 0 spiro atoms. The van der Waals surface area contributed by atoms with E-state index in [4.69, 9.17) is 20.0 Å². The first kappa shape index (κ1) is 16.2. The van der Waals surface area contributed by atoms with Crippen molar-refractivity contribution in [2.45, 2.75) is 18.6 Å². The fraction of sp³-hybridized carbons (Fsp3) is 0.357. The van der Waals surface area contributed by atoms with Gasteiger partial charge in [-0.3, -0.25) is 10.5 Å². The molecule has 114 valence electrons. The second-order valence-corrected chi connectivity index (χ2v) is 5.65. The third kappa shape index (κ3) is 5.63. The maximum absolute atomic E-state index is 9.06. The molecule has 0 saturated carbocycles. The fourth-order valence-electron chi connectivity index (χ4n) is 2.11. The average Bonchev–Trinajstić information content (AvgIpc) is 2.92. The molecule has 1 saturated heterocycles. The predicted molar refractivity (Wildman–Crippen MR) is 83.4 cm³/mol. The van der Waals surface area contributed by atoms with Crippen LogP contribution in [0.4, 0.5) is 0 Å². The first-order valence-corrected chi connectivity index (χ1v) is 8.01. The summed E-state index contributed by atoms with van der Waals surface area (Å²) in [6.45, 7) is 0.970. The number of hydrogen-bond donors (Lipinski definition) is 4. The van der Waals surface area contributed by atoms with Crippen molar-refractivity contribution in [3.05, 3.63) is 42.6 Å². The number of aliphatic hydroxyl groups excluding tert-OH is 1. The van der Waals surface area contributed by atoms with E-state index in [0.29, 0.717) is 19.6 Å². The molecule has 0 radical (unpaired) electrons. The Balaban J connectivity index is 0.000000154. The molecular formula is C14H20N3O3P. The summed E-state index contributed by atoms with van der Waals surface area (Å²) in [6, 6.07) is 12.2. The van der Waals surface area contributed by atoms with Gasteiger partial charge in [-0.25, -0.2) is 0 Å². The average molecular weight is 309 g/mol. The Morgan fingerprint density at radius 3 is 2.76 bits per heavy atom. The van der Waals surface area contributed by atoms with Gasteiger partial charge < -0.3 is 19.8 Å². The summed E-state index contributed by atoms with van der Waals surface area (Å²) < 4.78 is 4.80. The number of benzene rings is 1. The number of rotatable bonds is 3. The number of hydrogen-bond acceptors (Lipinski definition) is 6. The maximum Gasteiger partial charge on any atom is 0.250 e. The van der Waals surface area contributed by atoms with Crippen LogP contribution in [-0.4, -0.2) is 40.3 Å². The van der Waals surface area contributed by atoms with Gasteiger partial charge in [0.25, 0.3) is 0 Å². The lowest BCUT2D eigenvalue weighted by Crippen LogP contribution is -2.26. The lowest BCUT2D eigenvalue weighted by atomic mass is 10.2. The molecule has 3 atom stereocenters. The Bertz CT molecular complexity index is 490. The number of para-hydroxylation sites is 1. The van der Waals surface area contributed by atoms with Crippen molar-refractivity contribution in [2.75, 3.05) is 13.2 Å². The molecule has 6 nitrogen and oxygen atoms in total. The number of nitrogens with zero attached hydrogens (tertiary/aromatic N) is 1. The molecule has 2 aromatic rings. The largest absolute Gasteiger partial charge is 0.392 e. The molecule has 3 rings (SSSR count). The molecule has 0 amide bonds. The Morgan fingerprint density at radius 1 is 1.33 bits per heavy atom. The topological polar surface area (TPSA) is 101 Å². The van der Waals surface area contributed by atoms with Gasteiger partial charge in [-0.1, -0.05) is 24.3 Å². The minimum Gasteiger partial charge on any atom is -0.392 e. The standard InChI is InChI=1S/C9H7N.C5H13N2O3P/c1-2-6-9-8(4-1)5-3-7-10-9;6-11(9)10-3-4-1-5(8)2-7-4/h1-7H;4-5,7-9H,1-3,6H2/t;4-,5+,11?/m.0/s1. The van der Waals surface area contributed by atoms with Crippen LogP contribution in [0.5, 0.6) is 0 Å². The molecule has 1 aromatic heterocycles. The van der Waals surface area contributed by atoms with Crippen molar-refractivity contribution in [1.82, 2.24) is 10.3 Å². The highest BCUT2D eigenvalue weighted by molar-refractivity contribution is 7.43. The van der Waals surface area contributed by atoms with Crippen LogP contribution in [0.3, 0.4) is 0 Å². The number of aliphatic hydroxyl groups is 1. The quantitative estimate of drug-likeness (QED) is 0.634. The highest BCUT2D eigenvalue weighted by atomic mass is 31.2. The Hall–Kier alpha value is -1.14. The molecule has 5 N–H and O–H groups in total. The van der Waals surface area contributed by atoms with E-state index in [0.717, 1.165) is 5.52 Å². The number of pyridine rings is 1. The Kier molecular flexibility index (Phi) is 6.45. The SMILES string of the molecule is NP(O)OC[C@@H]1C[C@@H](O)CN1.c1ccc2ncccc2c1. The molecular weight excluding hydrogens is 289 g/mol. The van der Waals surface area contributed by atoms with Crippen LogP contribution in [0.15, 0.2) is 42.6 Å². The molecule has 0 bridgehead atoms. The van der Waals surface area contributed by atoms with Crippen LogP contribution in [-0.2, 0) is 4.52 Å². The minimum absolute atomic E-state index is 0.130. The highest BCUT2D eigenvalue weighted by Crippen LogP contribution is 2.20. The highest BCUT2D eigenvalue weighted by Gasteiger charge is 2.22. The van der Waals surface area contributed by atoms with Gasteiger partial charge in [-0.2, -0.15) is 0 Å². The zero-order valence-electron chi connectivity index (χ0n) is 11.6. The van der Waals surface area contributed by atoms with Crippen molar-refractivity contribution >= 4 is 19.4 Å². The van der Waals surface area contributed by atoms with Crippen LogP contribution in [0.1, 0.15) is 6.42 Å². The molecule has 1 fully saturated rings. The first-order chi connectivity index (χ1) is 10.1. The van der Waals surface area contributed by atoms with Gasteiger partial charge in [0.05, 0.1) is 18.2 Å². The minimum atomic E-state index is -1.75. The van der Waals surface area contributed by atoms with E-state index < -0.39 is 8.53 Å². The van der Waals surface area contributed by atoms with E-state index in [-0.39, 0.29) is 12.1 Å². The van der Waals surface area contributed by atoms with Crippen LogP contribution >= 0.6 is 8.53 Å². The fourth-order valence-corrected chi connectivity index (χ4v) is 2.44. The number of nitrogens with two attached hydrogens (primary N) is 1. The monoisotopic (exact) mass is 309 g/mol. The van der Waals surface area contributed by atoms with Crippen molar-refractivity contribution in [1.29, 1.82) is 0 Å². The summed E-state index contributed by atoms with van der Waals surface area (Å²) in [6.07, 6.45) is 2.19. The van der Waals surface area contributed by atoms with Crippen LogP contribution in [0.2, 0.25) is 0 Å². The number of fused-ring (bicyclic) bond motifs is 1. The molecule has 1 aromatic carbocycles. The van der Waals surface area contributed by atoms with Gasteiger partial charge in [-0.15, -0.1) is 0 Å². The zero-order chi connectivity index (χ0) is 15.1. The van der Waals surface area contributed by atoms with E-state index in [1.54, 1.807) is 0 Å². The summed E-state index contributed by atoms with van der Waals surface area (Å²) in [5.41, 5.74) is 6.07. The van der Waals surface area contributed by atoms with Gasteiger partial charge in [0.1, 0.15) is 0 Å². The van der Waals surface area contributed by atoms with Crippen LogP contribution in [0, 0.1) is 0 Å². The number of nitrogens with one attached hydrogen (secondary N) is 1. The smallest absolute Gasteiger partial charge is 0.250 e. The summed E-state index contributed by atoms with van der Waals surface area (Å²) in [4.78, 5) is 12.8. The Morgan fingerprint density at radius 2 is 2.10 bits per heavy atom. The second-order valence-electron chi connectivity index (χ2n) is 4.79. The van der Waals surface area contributed by atoms with E-state index in [2.05, 4.69) is 22.4 Å². The lowest BCUT2D eigenvalue weighted by molar-refractivity contribution is 0.187. The summed E-state index contributed by atoms with van der Waals surface area (Å²) in [5.74, 6) is 0. The summed E-state index contributed by atoms with van der Waals surface area (Å²) >= 11 is 0. The van der Waals surface area contributed by atoms with Gasteiger partial charge in [0, 0.05) is 24.2 Å². The van der Waals surface area contributed by atoms with E-state index in [9.17, 15) is 0 Å². The number of aromatic nitrogens is 1. The van der Waals surface area contributed by atoms with E-state index in [1.807, 2.05) is 30.5 Å². The third-order valence-electron chi connectivity index (χ3n) is 3.12. The molecule has 1 aliphatic rings. The zero-order valence-corrected chi connectivity index (χ0v) is 12.5. The van der Waals surface area contributed by atoms with Crippen molar-refractivity contribution < 1.29 is 14.5 Å². The normalized spacial score (nSPS) is 22.6. The van der Waals surface area contributed by atoms with E-state index >= 15 is 0 Å². The Labute approximate surface area is 124 Å². The van der Waals surface area contributed by atoms with Gasteiger partial charge >= 0.3 is 0 Å².